The molecule has 1 heterocycles. The molecule has 0 saturated carbocycles. The van der Waals surface area contributed by atoms with Crippen molar-refractivity contribution in [2.45, 2.75) is 0 Å². The van der Waals surface area contributed by atoms with E-state index in [9.17, 15) is 0 Å². The van der Waals surface area contributed by atoms with Gasteiger partial charge in [-0.25, -0.2) is 0 Å². The molecule has 0 unspecified atom stereocenters. The van der Waals surface area contributed by atoms with Gasteiger partial charge in [-0.3, -0.25) is 20.0 Å². The van der Waals surface area contributed by atoms with E-state index in [2.05, 4.69) is 20.0 Å². The normalized spacial score (nSPS) is 16.0. The van der Waals surface area contributed by atoms with Crippen LogP contribution in [-0.2, 0) is 0 Å². The zero-order chi connectivity index (χ0) is 11.3. The Morgan fingerprint density at radius 2 is 0.750 bits per heavy atom. The number of hydrogen-bond acceptors (Lipinski definition) is 4. The molecule has 16 heavy (non-hydrogen) atoms. The highest BCUT2D eigenvalue weighted by molar-refractivity contribution is 6.16. The summed E-state index contributed by atoms with van der Waals surface area (Å²) in [6, 6.07) is 0. The van der Waals surface area contributed by atoms with E-state index in [0.29, 0.717) is 0 Å². The second-order valence-corrected chi connectivity index (χ2v) is 2.56. The molecule has 4 nitrogen and oxygen atoms in total. The summed E-state index contributed by atoms with van der Waals surface area (Å²) >= 11 is 0. The lowest BCUT2D eigenvalue weighted by atomic mass is 10.4. The Bertz CT molecular complexity index is 255. The Morgan fingerprint density at radius 1 is 0.375 bits per heavy atom. The summed E-state index contributed by atoms with van der Waals surface area (Å²) in [4.78, 5) is 15.8. The van der Waals surface area contributed by atoms with Gasteiger partial charge in [-0.05, 0) is 12.2 Å². The SMILES string of the molecule is C1=CC=CN=CC=NC=CN=CC=NC=C1. The second kappa shape index (κ2) is 9.21. The van der Waals surface area contributed by atoms with Gasteiger partial charge in [0.2, 0.25) is 0 Å². The average molecular weight is 212 g/mol. The highest BCUT2D eigenvalue weighted by atomic mass is 14.8. The van der Waals surface area contributed by atoms with Gasteiger partial charge in [-0.15, -0.1) is 0 Å². The lowest BCUT2D eigenvalue weighted by Crippen LogP contribution is -1.72. The fraction of sp³-hybridized carbons (Fsp3) is 0. The van der Waals surface area contributed by atoms with Crippen LogP contribution in [0.15, 0.2) is 69.1 Å². The van der Waals surface area contributed by atoms with Crippen LogP contribution < -0.4 is 0 Å². The van der Waals surface area contributed by atoms with Crippen LogP contribution in [-0.4, -0.2) is 24.9 Å². The molecule has 0 amide bonds. The number of nitrogens with zero attached hydrogens (tertiary/aromatic N) is 4. The maximum absolute atomic E-state index is 3.97. The quantitative estimate of drug-likeness (QED) is 0.591. The van der Waals surface area contributed by atoms with Gasteiger partial charge in [0.15, 0.2) is 0 Å². The molecule has 0 aliphatic carbocycles. The molecule has 0 N–H and O–H groups in total. The Kier molecular flexibility index (Phi) is 6.74. The molecule has 1 aliphatic rings. The van der Waals surface area contributed by atoms with E-state index in [1.807, 2.05) is 24.3 Å². The maximum atomic E-state index is 3.97. The number of hydrogen-bond donors (Lipinski definition) is 0. The predicted molar refractivity (Wildman–Crippen MR) is 70.5 cm³/mol. The standard InChI is InChI=1S/C12H12N4/c1-2-4-6-14-8-10-16-12-11-15-9-7-13-5-3-1/h1-12H. The van der Waals surface area contributed by atoms with Crippen LogP contribution in [0.3, 0.4) is 0 Å². The zero-order valence-electron chi connectivity index (χ0n) is 8.72. The average Bonchev–Trinajstić information content (AvgIpc) is 2.29. The fourth-order valence-corrected chi connectivity index (χ4v) is 0.757. The molecule has 0 radical (unpaired) electrons. The summed E-state index contributed by atoms with van der Waals surface area (Å²) in [5, 5.41) is 0. The minimum absolute atomic E-state index is 1.57. The molecule has 1 aliphatic heterocycles. The minimum atomic E-state index is 1.57. The summed E-state index contributed by atoms with van der Waals surface area (Å²) in [5.74, 6) is 0. The number of rotatable bonds is 0. The Balaban J connectivity index is 2.67. The van der Waals surface area contributed by atoms with Gasteiger partial charge in [0.05, 0.1) is 0 Å². The smallest absolute Gasteiger partial charge is 0.0451 e. The van der Waals surface area contributed by atoms with Crippen molar-refractivity contribution in [1.29, 1.82) is 0 Å². The van der Waals surface area contributed by atoms with Crippen molar-refractivity contribution in [3.05, 3.63) is 49.1 Å². The first-order chi connectivity index (χ1) is 8.00. The maximum Gasteiger partial charge on any atom is 0.0451 e. The van der Waals surface area contributed by atoms with Crippen molar-refractivity contribution in [3.8, 4) is 0 Å². The van der Waals surface area contributed by atoms with Crippen LogP contribution in [0.4, 0.5) is 0 Å². The molecule has 4 heteroatoms. The molecule has 0 fully saturated rings. The largest absolute Gasteiger partial charge is 0.263 e. The van der Waals surface area contributed by atoms with Gasteiger partial charge in [-0.2, -0.15) is 0 Å². The predicted octanol–water partition coefficient (Wildman–Crippen LogP) is 2.34. The number of allylic oxidation sites excluding steroid dienone is 4. The molecule has 0 atom stereocenters. The Labute approximate surface area is 94.6 Å². The molecule has 0 saturated heterocycles. The van der Waals surface area contributed by atoms with Crippen molar-refractivity contribution < 1.29 is 0 Å². The van der Waals surface area contributed by atoms with Crippen LogP contribution in [0.25, 0.3) is 0 Å². The molecule has 0 spiro atoms. The molecule has 80 valence electrons. The Hall–Kier alpha value is -2.36. The van der Waals surface area contributed by atoms with Crippen molar-refractivity contribution >= 4 is 24.9 Å². The van der Waals surface area contributed by atoms with Crippen molar-refractivity contribution in [2.24, 2.45) is 20.0 Å². The van der Waals surface area contributed by atoms with E-state index in [0.717, 1.165) is 0 Å². The van der Waals surface area contributed by atoms with Gasteiger partial charge < -0.3 is 0 Å². The van der Waals surface area contributed by atoms with Crippen LogP contribution >= 0.6 is 0 Å². The third kappa shape index (κ3) is 7.08. The highest BCUT2D eigenvalue weighted by Gasteiger charge is 1.67. The first kappa shape index (κ1) is 11.7. The lowest BCUT2D eigenvalue weighted by Gasteiger charge is -1.77. The summed E-state index contributed by atoms with van der Waals surface area (Å²) in [5.41, 5.74) is 0. The minimum Gasteiger partial charge on any atom is -0.263 e. The topological polar surface area (TPSA) is 49.4 Å². The molecular formula is C12H12N4. The van der Waals surface area contributed by atoms with Gasteiger partial charge in [0.1, 0.15) is 0 Å². The third-order valence-corrected chi connectivity index (χ3v) is 1.39. The highest BCUT2D eigenvalue weighted by Crippen LogP contribution is 1.82. The van der Waals surface area contributed by atoms with Crippen molar-refractivity contribution in [3.63, 3.8) is 0 Å². The molecule has 0 bridgehead atoms. The summed E-state index contributed by atoms with van der Waals surface area (Å²) < 4.78 is 0. The van der Waals surface area contributed by atoms with E-state index in [-0.39, 0.29) is 0 Å². The van der Waals surface area contributed by atoms with Gasteiger partial charge in [0.25, 0.3) is 0 Å². The molecule has 1 rings (SSSR count). The molecular weight excluding hydrogens is 200 g/mol. The van der Waals surface area contributed by atoms with Crippen LogP contribution in [0.1, 0.15) is 0 Å². The van der Waals surface area contributed by atoms with E-state index in [1.165, 1.54) is 0 Å². The molecule has 0 aromatic rings. The fourth-order valence-electron chi connectivity index (χ4n) is 0.757. The first-order valence-corrected chi connectivity index (χ1v) is 4.73. The van der Waals surface area contributed by atoms with Crippen molar-refractivity contribution in [1.82, 2.24) is 0 Å². The summed E-state index contributed by atoms with van der Waals surface area (Å²) in [7, 11) is 0. The molecule has 0 aromatic heterocycles. The van der Waals surface area contributed by atoms with E-state index < -0.39 is 0 Å². The van der Waals surface area contributed by atoms with E-state index in [4.69, 9.17) is 0 Å². The summed E-state index contributed by atoms with van der Waals surface area (Å²) in [6.07, 6.45) is 20.2. The first-order valence-electron chi connectivity index (χ1n) is 4.73. The molecule has 0 aromatic carbocycles. The van der Waals surface area contributed by atoms with Gasteiger partial charge in [0, 0.05) is 49.7 Å². The van der Waals surface area contributed by atoms with Gasteiger partial charge in [-0.1, -0.05) is 12.2 Å². The second-order valence-electron chi connectivity index (χ2n) is 2.56. The van der Waals surface area contributed by atoms with E-state index >= 15 is 0 Å². The van der Waals surface area contributed by atoms with Crippen LogP contribution in [0.5, 0.6) is 0 Å². The monoisotopic (exact) mass is 212 g/mol. The van der Waals surface area contributed by atoms with Crippen LogP contribution in [0.2, 0.25) is 0 Å². The summed E-state index contributed by atoms with van der Waals surface area (Å²) in [6.45, 7) is 0. The third-order valence-electron chi connectivity index (χ3n) is 1.39. The lowest BCUT2D eigenvalue weighted by molar-refractivity contribution is 1.50. The number of aliphatic imine (C=N–C) groups is 4. The van der Waals surface area contributed by atoms with Crippen molar-refractivity contribution in [2.75, 3.05) is 0 Å². The van der Waals surface area contributed by atoms with Crippen LogP contribution in [0, 0.1) is 0 Å². The van der Waals surface area contributed by atoms with Gasteiger partial charge >= 0.3 is 0 Å². The zero-order valence-corrected chi connectivity index (χ0v) is 8.72. The Morgan fingerprint density at radius 3 is 1.19 bits per heavy atom. The van der Waals surface area contributed by atoms with E-state index in [1.54, 1.807) is 49.7 Å².